The summed E-state index contributed by atoms with van der Waals surface area (Å²) < 4.78 is 2.09. The number of carbonyl (C=O) groups excluding carboxylic acids is 2. The van der Waals surface area contributed by atoms with Crippen LogP contribution in [0.15, 0.2) is 0 Å². The summed E-state index contributed by atoms with van der Waals surface area (Å²) in [7, 11) is 0. The zero-order valence-electron chi connectivity index (χ0n) is 24.4. The number of unbranched alkanes of at least 4 members (excludes halogenated alkanes) is 16. The van der Waals surface area contributed by atoms with E-state index in [1.54, 1.807) is 0 Å². The molecule has 5 heteroatoms. The van der Waals surface area contributed by atoms with Gasteiger partial charge < -0.3 is 19.8 Å². The molecule has 0 heterocycles. The molecule has 0 saturated carbocycles. The van der Waals surface area contributed by atoms with Crippen molar-refractivity contribution in [3.63, 3.8) is 0 Å². The van der Waals surface area contributed by atoms with Crippen LogP contribution in [0.5, 0.6) is 0 Å². The Balaban J connectivity index is -0.000000465. The first-order chi connectivity index (χ1) is 16.7. The van der Waals surface area contributed by atoms with Gasteiger partial charge in [-0.15, -0.1) is 0 Å². The fourth-order valence-electron chi connectivity index (χ4n) is 3.83. The first-order valence-corrected chi connectivity index (χ1v) is 18.1. The van der Waals surface area contributed by atoms with Crippen molar-refractivity contribution in [3.05, 3.63) is 0 Å². The van der Waals surface area contributed by atoms with Crippen LogP contribution in [0.25, 0.3) is 0 Å². The van der Waals surface area contributed by atoms with Crippen LogP contribution in [0, 0.1) is 0 Å². The van der Waals surface area contributed by atoms with Gasteiger partial charge >= 0.3 is 56.7 Å². The van der Waals surface area contributed by atoms with Gasteiger partial charge in [-0.25, -0.2) is 0 Å². The molecule has 208 valence electrons. The van der Waals surface area contributed by atoms with Crippen LogP contribution in [0.3, 0.4) is 0 Å². The number of carboxylic acids is 2. The van der Waals surface area contributed by atoms with Crippen LogP contribution in [0.2, 0.25) is 7.87 Å². The van der Waals surface area contributed by atoms with Crippen molar-refractivity contribution < 1.29 is 19.8 Å². The second-order valence-corrected chi connectivity index (χ2v) is 17.9. The molecule has 0 aromatic carbocycles. The van der Waals surface area contributed by atoms with Crippen LogP contribution in [0.1, 0.15) is 170 Å². The van der Waals surface area contributed by atoms with E-state index < -0.39 is 11.9 Å². The topological polar surface area (TPSA) is 80.3 Å². The van der Waals surface area contributed by atoms with Crippen LogP contribution in [-0.2, 0) is 9.59 Å². The number of aliphatic carboxylic acids is 2. The van der Waals surface area contributed by atoms with Gasteiger partial charge in [-0.05, 0) is 25.7 Å². The van der Waals surface area contributed by atoms with Crippen LogP contribution in [0.4, 0.5) is 0 Å². The molecule has 0 unspecified atom stereocenters. The molecule has 0 aliphatic carbocycles. The molecule has 0 radical (unpaired) electrons. The summed E-state index contributed by atoms with van der Waals surface area (Å²) in [6, 6.07) is 0. The predicted octanol–water partition coefficient (Wildman–Crippen LogP) is 7.66. The van der Waals surface area contributed by atoms with Crippen LogP contribution >= 0.6 is 0 Å². The molecule has 0 amide bonds. The van der Waals surface area contributed by atoms with E-state index in [-0.39, 0.29) is 34.0 Å². The number of carboxylic acid groups (broad SMARTS) is 2. The molecule has 0 aliphatic heterocycles. The molecule has 35 heavy (non-hydrogen) atoms. The Morgan fingerprint density at radius 1 is 0.486 bits per heavy atom. The summed E-state index contributed by atoms with van der Waals surface area (Å²) in [5.74, 6) is -1.82. The quantitative estimate of drug-likeness (QED) is 0.0940. The monoisotopic (exact) mass is 604 g/mol. The van der Waals surface area contributed by atoms with Gasteiger partial charge in [-0.3, -0.25) is 0 Å². The Labute approximate surface area is 230 Å². The Hall–Kier alpha value is -0.261. The molecule has 0 fully saturated rings. The van der Waals surface area contributed by atoms with Gasteiger partial charge in [0.2, 0.25) is 0 Å². The molecule has 0 aliphatic rings. The van der Waals surface area contributed by atoms with Crippen molar-refractivity contribution in [3.8, 4) is 0 Å². The van der Waals surface area contributed by atoms with E-state index in [9.17, 15) is 19.8 Å². The van der Waals surface area contributed by atoms with Crippen molar-refractivity contribution in [1.82, 2.24) is 0 Å². The van der Waals surface area contributed by atoms with Gasteiger partial charge in [0.1, 0.15) is 0 Å². The Bertz CT molecular complexity index is 387. The van der Waals surface area contributed by atoms with Crippen molar-refractivity contribution in [2.24, 2.45) is 0 Å². The van der Waals surface area contributed by atoms with E-state index in [1.807, 2.05) is 0 Å². The summed E-state index contributed by atoms with van der Waals surface area (Å²) in [6.45, 7) is 13.8. The molecule has 0 atom stereocenters. The van der Waals surface area contributed by atoms with E-state index in [1.165, 1.54) is 89.9 Å². The fourth-order valence-corrected chi connectivity index (χ4v) is 7.63. The molecule has 0 aromatic rings. The van der Waals surface area contributed by atoms with Gasteiger partial charge in [0, 0.05) is 11.9 Å². The predicted molar refractivity (Wildman–Crippen MR) is 150 cm³/mol. The SMILES string of the molecule is CCCCCCCCCCCC(=O)[O-].CCCCCCCCCCCC(=O)[O-].C[CH](C)[Sn+2][CH](C)C. The third kappa shape index (κ3) is 51.3. The standard InChI is InChI=1S/2C12H24O2.2C3H7.Sn/c2*1-2-3-4-5-6-7-8-9-10-11-12(13)14;2*1-3-2;/h2*2-11H2,1H3,(H,13,14);2*3H,1-2H3;/q;;;;+2/p-2. The van der Waals surface area contributed by atoms with Crippen LogP contribution in [-0.4, -0.2) is 33.1 Å². The summed E-state index contributed by atoms with van der Waals surface area (Å²) >= 11 is 0.0389. The third-order valence-electron chi connectivity index (χ3n) is 5.64. The number of hydrogen-bond donors (Lipinski definition) is 0. The van der Waals surface area contributed by atoms with Gasteiger partial charge in [0.25, 0.3) is 0 Å². The molecule has 0 bridgehead atoms. The molecule has 0 rings (SSSR count). The molecule has 0 saturated heterocycles. The van der Waals surface area contributed by atoms with Gasteiger partial charge in [0.05, 0.1) is 0 Å². The molecule has 4 nitrogen and oxygen atoms in total. The van der Waals surface area contributed by atoms with E-state index in [2.05, 4.69) is 41.5 Å². The van der Waals surface area contributed by atoms with Crippen molar-refractivity contribution in [2.45, 2.75) is 178 Å². The zero-order valence-corrected chi connectivity index (χ0v) is 27.3. The summed E-state index contributed by atoms with van der Waals surface area (Å²) in [5, 5.41) is 20.2. The van der Waals surface area contributed by atoms with Crippen LogP contribution < -0.4 is 10.2 Å². The second kappa shape index (κ2) is 33.7. The average molecular weight is 604 g/mol. The Kier molecular flexibility index (Phi) is 37.8. The maximum atomic E-state index is 10.1. The van der Waals surface area contributed by atoms with Gasteiger partial charge in [0.15, 0.2) is 0 Å². The molecule has 0 spiro atoms. The number of hydrogen-bond acceptors (Lipinski definition) is 4. The Morgan fingerprint density at radius 2 is 0.714 bits per heavy atom. The number of rotatable bonds is 22. The normalized spacial score (nSPS) is 10.3. The molecule has 0 aromatic heterocycles. The molecule has 0 N–H and O–H groups in total. The third-order valence-corrected chi connectivity index (χ3v) is 9.44. The second-order valence-electron chi connectivity index (χ2n) is 10.4. The maximum absolute atomic E-state index is 10.1. The van der Waals surface area contributed by atoms with Gasteiger partial charge in [-0.2, -0.15) is 0 Å². The summed E-state index contributed by atoms with van der Waals surface area (Å²) in [6.07, 6.45) is 22.3. The zero-order chi connectivity index (χ0) is 27.2. The molecular formula is C30H60O4Sn. The van der Waals surface area contributed by atoms with E-state index in [0.29, 0.717) is 0 Å². The Morgan fingerprint density at radius 3 is 0.886 bits per heavy atom. The number of carbonyl (C=O) groups is 2. The fraction of sp³-hybridized carbons (Fsp3) is 0.933. The first-order valence-electron chi connectivity index (χ1n) is 14.8. The van der Waals surface area contributed by atoms with Crippen molar-refractivity contribution in [2.75, 3.05) is 0 Å². The van der Waals surface area contributed by atoms with Crippen molar-refractivity contribution >= 4 is 33.1 Å². The molecular weight excluding hydrogens is 543 g/mol. The van der Waals surface area contributed by atoms with E-state index in [4.69, 9.17) is 0 Å². The summed E-state index contributed by atoms with van der Waals surface area (Å²) in [5.41, 5.74) is 0. The van der Waals surface area contributed by atoms with Crippen molar-refractivity contribution in [1.29, 1.82) is 0 Å². The minimum absolute atomic E-state index is 0.0389. The van der Waals surface area contributed by atoms with Gasteiger partial charge in [-0.1, -0.05) is 117 Å². The van der Waals surface area contributed by atoms with E-state index >= 15 is 0 Å². The minimum atomic E-state index is -0.909. The van der Waals surface area contributed by atoms with E-state index in [0.717, 1.165) is 33.6 Å². The summed E-state index contributed by atoms with van der Waals surface area (Å²) in [4.78, 5) is 20.2. The average Bonchev–Trinajstić information content (AvgIpc) is 2.76. The first kappa shape index (κ1) is 39.3.